The summed E-state index contributed by atoms with van der Waals surface area (Å²) < 4.78 is 6.26. The molecule has 3 atom stereocenters. The summed E-state index contributed by atoms with van der Waals surface area (Å²) in [6.07, 6.45) is 6.76. The number of hydrogen-bond donors (Lipinski definition) is 1. The van der Waals surface area contributed by atoms with E-state index in [0.29, 0.717) is 12.0 Å². The van der Waals surface area contributed by atoms with E-state index in [9.17, 15) is 5.11 Å². The molecule has 1 aliphatic carbocycles. The molecule has 3 fully saturated rings. The van der Waals surface area contributed by atoms with Gasteiger partial charge in [0.1, 0.15) is 0 Å². The summed E-state index contributed by atoms with van der Waals surface area (Å²) >= 11 is 0. The Morgan fingerprint density at radius 2 is 1.85 bits per heavy atom. The quantitative estimate of drug-likeness (QED) is 0.802. The molecule has 3 heteroatoms. The number of aliphatic hydroxyl groups is 1. The van der Waals surface area contributed by atoms with Crippen molar-refractivity contribution in [2.45, 2.75) is 89.1 Å². The smallest absolute Gasteiger partial charge is 0.0789 e. The molecule has 0 spiro atoms. The maximum Gasteiger partial charge on any atom is 0.0789 e. The Kier molecular flexibility index (Phi) is 3.47. The Hall–Kier alpha value is -0.120. The van der Waals surface area contributed by atoms with Crippen LogP contribution in [0.25, 0.3) is 0 Å². The Balaban J connectivity index is 1.73. The fourth-order valence-corrected chi connectivity index (χ4v) is 4.98. The van der Waals surface area contributed by atoms with E-state index >= 15 is 0 Å². The highest BCUT2D eigenvalue weighted by Gasteiger charge is 2.51. The van der Waals surface area contributed by atoms with Crippen molar-refractivity contribution in [3.05, 3.63) is 0 Å². The van der Waals surface area contributed by atoms with Gasteiger partial charge >= 0.3 is 0 Å². The minimum atomic E-state index is -0.367. The predicted octanol–water partition coefficient (Wildman–Crippen LogP) is 2.96. The zero-order valence-corrected chi connectivity index (χ0v) is 13.6. The van der Waals surface area contributed by atoms with Gasteiger partial charge in [0.05, 0.1) is 16.8 Å². The second-order valence-electron chi connectivity index (χ2n) is 8.48. The Labute approximate surface area is 123 Å². The average molecular weight is 281 g/mol. The van der Waals surface area contributed by atoms with Gasteiger partial charge < -0.3 is 9.84 Å². The van der Waals surface area contributed by atoms with E-state index in [2.05, 4.69) is 32.6 Å². The summed E-state index contributed by atoms with van der Waals surface area (Å²) in [6, 6.07) is 0.490. The lowest BCUT2D eigenvalue weighted by Crippen LogP contribution is -2.58. The number of fused-ring (bicyclic) bond motifs is 1. The van der Waals surface area contributed by atoms with Gasteiger partial charge in [0.25, 0.3) is 0 Å². The molecule has 3 aliphatic rings. The molecule has 1 N–H and O–H groups in total. The minimum Gasteiger partial charge on any atom is -0.390 e. The molecule has 3 rings (SSSR count). The SMILES string of the molecule is CC1(C)CC(N2CCC3(O)CCCCC3C2)C(C)(C)O1. The maximum absolute atomic E-state index is 10.8. The maximum atomic E-state index is 10.8. The van der Waals surface area contributed by atoms with Gasteiger partial charge in [-0.05, 0) is 53.4 Å². The molecule has 2 aliphatic heterocycles. The molecule has 116 valence electrons. The minimum absolute atomic E-state index is 0.0194. The van der Waals surface area contributed by atoms with E-state index in [1.165, 1.54) is 19.3 Å². The largest absolute Gasteiger partial charge is 0.390 e. The van der Waals surface area contributed by atoms with Gasteiger partial charge in [-0.1, -0.05) is 12.8 Å². The van der Waals surface area contributed by atoms with Gasteiger partial charge in [-0.3, -0.25) is 4.90 Å². The van der Waals surface area contributed by atoms with Crippen molar-refractivity contribution in [1.82, 2.24) is 4.90 Å². The topological polar surface area (TPSA) is 32.7 Å². The van der Waals surface area contributed by atoms with Crippen molar-refractivity contribution >= 4 is 0 Å². The number of hydrogen-bond acceptors (Lipinski definition) is 3. The van der Waals surface area contributed by atoms with Crippen molar-refractivity contribution in [2.24, 2.45) is 5.92 Å². The molecular weight excluding hydrogens is 250 g/mol. The molecule has 0 aromatic heterocycles. The van der Waals surface area contributed by atoms with Gasteiger partial charge in [-0.15, -0.1) is 0 Å². The van der Waals surface area contributed by atoms with Crippen LogP contribution < -0.4 is 0 Å². The highest BCUT2D eigenvalue weighted by atomic mass is 16.5. The summed E-state index contributed by atoms with van der Waals surface area (Å²) in [5.74, 6) is 0.476. The van der Waals surface area contributed by atoms with Crippen LogP contribution in [-0.2, 0) is 4.74 Å². The van der Waals surface area contributed by atoms with Crippen LogP contribution in [0.4, 0.5) is 0 Å². The van der Waals surface area contributed by atoms with Crippen molar-refractivity contribution < 1.29 is 9.84 Å². The van der Waals surface area contributed by atoms with Gasteiger partial charge in [0.2, 0.25) is 0 Å². The normalized spacial score (nSPS) is 44.2. The molecule has 0 bridgehead atoms. The van der Waals surface area contributed by atoms with Crippen molar-refractivity contribution in [3.8, 4) is 0 Å². The molecule has 2 heterocycles. The van der Waals surface area contributed by atoms with Crippen molar-refractivity contribution in [1.29, 1.82) is 0 Å². The number of likely N-dealkylation sites (tertiary alicyclic amines) is 1. The molecule has 0 aromatic rings. The van der Waals surface area contributed by atoms with Gasteiger partial charge in [-0.25, -0.2) is 0 Å². The zero-order chi connectivity index (χ0) is 14.6. The van der Waals surface area contributed by atoms with E-state index in [4.69, 9.17) is 4.74 Å². The van der Waals surface area contributed by atoms with Crippen LogP contribution in [0.5, 0.6) is 0 Å². The fourth-order valence-electron chi connectivity index (χ4n) is 4.98. The summed E-state index contributed by atoms with van der Waals surface area (Å²) in [7, 11) is 0. The zero-order valence-electron chi connectivity index (χ0n) is 13.6. The molecular formula is C17H31NO2. The Morgan fingerprint density at radius 3 is 2.50 bits per heavy atom. The van der Waals surface area contributed by atoms with Gasteiger partial charge in [0, 0.05) is 25.0 Å². The highest BCUT2D eigenvalue weighted by molar-refractivity contribution is 5.04. The standard InChI is InChI=1S/C17H31NO2/c1-15(2)11-14(16(3,4)20-15)18-10-9-17(19)8-6-5-7-13(17)12-18/h13-14,19H,5-12H2,1-4H3. The summed E-state index contributed by atoms with van der Waals surface area (Å²) in [6.45, 7) is 11.0. The van der Waals surface area contributed by atoms with Crippen LogP contribution in [0.3, 0.4) is 0 Å². The van der Waals surface area contributed by atoms with Crippen LogP contribution in [0, 0.1) is 5.92 Å². The molecule has 20 heavy (non-hydrogen) atoms. The molecule has 3 nitrogen and oxygen atoms in total. The van der Waals surface area contributed by atoms with E-state index in [1.54, 1.807) is 0 Å². The lowest BCUT2D eigenvalue weighted by molar-refractivity contribution is -0.121. The van der Waals surface area contributed by atoms with Gasteiger partial charge in [-0.2, -0.15) is 0 Å². The Morgan fingerprint density at radius 1 is 1.10 bits per heavy atom. The molecule has 3 unspecified atom stereocenters. The summed E-state index contributed by atoms with van der Waals surface area (Å²) in [5.41, 5.74) is -0.462. The van der Waals surface area contributed by atoms with E-state index in [1.807, 2.05) is 0 Å². The van der Waals surface area contributed by atoms with Crippen molar-refractivity contribution in [3.63, 3.8) is 0 Å². The third kappa shape index (κ3) is 2.53. The number of rotatable bonds is 1. The fraction of sp³-hybridized carbons (Fsp3) is 1.00. The number of piperidine rings is 1. The first kappa shape index (κ1) is 14.8. The van der Waals surface area contributed by atoms with E-state index < -0.39 is 0 Å². The summed E-state index contributed by atoms with van der Waals surface area (Å²) in [4.78, 5) is 2.61. The number of nitrogens with zero attached hydrogens (tertiary/aromatic N) is 1. The summed E-state index contributed by atoms with van der Waals surface area (Å²) in [5, 5.41) is 10.8. The second-order valence-corrected chi connectivity index (χ2v) is 8.48. The first-order valence-corrected chi connectivity index (χ1v) is 8.39. The van der Waals surface area contributed by atoms with Crippen molar-refractivity contribution in [2.75, 3.05) is 13.1 Å². The molecule has 0 radical (unpaired) electrons. The van der Waals surface area contributed by atoms with Crippen LogP contribution in [0.2, 0.25) is 0 Å². The van der Waals surface area contributed by atoms with E-state index in [0.717, 1.165) is 32.4 Å². The third-order valence-corrected chi connectivity index (χ3v) is 5.93. The second kappa shape index (κ2) is 4.69. The first-order chi connectivity index (χ1) is 9.22. The monoisotopic (exact) mass is 281 g/mol. The van der Waals surface area contributed by atoms with Crippen LogP contribution in [0.1, 0.15) is 66.2 Å². The lowest BCUT2D eigenvalue weighted by Gasteiger charge is -2.50. The third-order valence-electron chi connectivity index (χ3n) is 5.93. The average Bonchev–Trinajstić information content (AvgIpc) is 2.56. The van der Waals surface area contributed by atoms with Crippen LogP contribution in [0.15, 0.2) is 0 Å². The highest BCUT2D eigenvalue weighted by Crippen LogP contribution is 2.45. The predicted molar refractivity (Wildman–Crippen MR) is 80.7 cm³/mol. The van der Waals surface area contributed by atoms with Gasteiger partial charge in [0.15, 0.2) is 0 Å². The Bertz CT molecular complexity index is 379. The number of ether oxygens (including phenoxy) is 1. The lowest BCUT2D eigenvalue weighted by atomic mass is 9.70. The molecule has 2 saturated heterocycles. The molecule has 0 aromatic carbocycles. The molecule has 1 saturated carbocycles. The van der Waals surface area contributed by atoms with Crippen LogP contribution >= 0.6 is 0 Å². The van der Waals surface area contributed by atoms with Crippen LogP contribution in [-0.4, -0.2) is 45.9 Å². The molecule has 0 amide bonds. The first-order valence-electron chi connectivity index (χ1n) is 8.39. The van der Waals surface area contributed by atoms with E-state index in [-0.39, 0.29) is 16.8 Å².